The standard InChI is InChI=1S/C38H76O15/c1-2-3-4-5-6-7-8-9-10-11-38(40)53-37-36-52-35-34-51-33-32-50-31-30-49-29-28-48-27-26-47-25-24-46-23-22-45-21-20-44-19-18-43-17-16-42-15-14-41-13-12-39/h39H,2-37H2,1H3. The smallest absolute Gasteiger partial charge is 0.305 e. The molecular weight excluding hydrogens is 696 g/mol. The Morgan fingerprint density at radius 1 is 0.321 bits per heavy atom. The second-order valence-corrected chi connectivity index (χ2v) is 11.9. The molecule has 1 N–H and O–H groups in total. The molecule has 318 valence electrons. The lowest BCUT2D eigenvalue weighted by Gasteiger charge is -2.09. The van der Waals surface area contributed by atoms with Gasteiger partial charge >= 0.3 is 5.97 Å². The Kier molecular flexibility index (Phi) is 48.0. The van der Waals surface area contributed by atoms with Crippen LogP contribution >= 0.6 is 0 Å². The van der Waals surface area contributed by atoms with Gasteiger partial charge in [0.15, 0.2) is 0 Å². The average Bonchev–Trinajstić information content (AvgIpc) is 3.16. The van der Waals surface area contributed by atoms with Crippen molar-refractivity contribution >= 4 is 5.97 Å². The Labute approximate surface area is 320 Å². The monoisotopic (exact) mass is 773 g/mol. The summed E-state index contributed by atoms with van der Waals surface area (Å²) in [5, 5.41) is 8.59. The minimum Gasteiger partial charge on any atom is -0.463 e. The number of hydrogen-bond donors (Lipinski definition) is 1. The predicted octanol–water partition coefficient (Wildman–Crippen LogP) is 3.64. The molecule has 0 radical (unpaired) electrons. The van der Waals surface area contributed by atoms with Gasteiger partial charge in [-0.1, -0.05) is 58.3 Å². The van der Waals surface area contributed by atoms with Crippen molar-refractivity contribution in [2.75, 3.05) is 172 Å². The second-order valence-electron chi connectivity index (χ2n) is 11.9. The van der Waals surface area contributed by atoms with E-state index in [4.69, 9.17) is 66.7 Å². The van der Waals surface area contributed by atoms with E-state index < -0.39 is 0 Å². The molecule has 0 spiro atoms. The Balaban J connectivity index is 3.10. The summed E-state index contributed by atoms with van der Waals surface area (Å²) >= 11 is 0. The van der Waals surface area contributed by atoms with Crippen LogP contribution in [0.25, 0.3) is 0 Å². The van der Waals surface area contributed by atoms with Crippen LogP contribution in [-0.2, 0) is 66.4 Å². The van der Waals surface area contributed by atoms with Crippen LogP contribution in [0.3, 0.4) is 0 Å². The third kappa shape index (κ3) is 48.9. The highest BCUT2D eigenvalue weighted by Crippen LogP contribution is 2.10. The molecule has 15 heteroatoms. The largest absolute Gasteiger partial charge is 0.463 e. The van der Waals surface area contributed by atoms with E-state index in [1.165, 1.54) is 44.9 Å². The first-order chi connectivity index (χ1) is 26.3. The van der Waals surface area contributed by atoms with Gasteiger partial charge in [0.25, 0.3) is 0 Å². The van der Waals surface area contributed by atoms with Gasteiger partial charge in [0.1, 0.15) is 6.61 Å². The van der Waals surface area contributed by atoms with E-state index in [0.29, 0.717) is 165 Å². The van der Waals surface area contributed by atoms with Crippen molar-refractivity contribution in [1.29, 1.82) is 0 Å². The van der Waals surface area contributed by atoms with Crippen molar-refractivity contribution in [3.8, 4) is 0 Å². The lowest BCUT2D eigenvalue weighted by molar-refractivity contribution is -0.145. The van der Waals surface area contributed by atoms with E-state index in [2.05, 4.69) is 6.92 Å². The molecule has 53 heavy (non-hydrogen) atoms. The Morgan fingerprint density at radius 2 is 0.547 bits per heavy atom. The maximum atomic E-state index is 11.8. The summed E-state index contributed by atoms with van der Waals surface area (Å²) in [4.78, 5) is 11.8. The van der Waals surface area contributed by atoms with E-state index >= 15 is 0 Å². The van der Waals surface area contributed by atoms with Crippen LogP contribution in [-0.4, -0.2) is 183 Å². The molecule has 0 unspecified atom stereocenters. The molecule has 0 heterocycles. The number of rotatable bonds is 48. The van der Waals surface area contributed by atoms with Gasteiger partial charge in [0, 0.05) is 6.42 Å². The molecule has 0 aromatic heterocycles. The first kappa shape index (κ1) is 52.0. The number of carbonyl (C=O) groups is 1. The molecule has 0 rings (SSSR count). The number of ether oxygens (including phenoxy) is 13. The predicted molar refractivity (Wildman–Crippen MR) is 200 cm³/mol. The van der Waals surface area contributed by atoms with Gasteiger partial charge in [-0.15, -0.1) is 0 Å². The number of unbranched alkanes of at least 4 members (excludes halogenated alkanes) is 8. The second kappa shape index (κ2) is 49.0. The molecule has 15 nitrogen and oxygen atoms in total. The molecule has 0 aromatic rings. The van der Waals surface area contributed by atoms with Gasteiger partial charge in [-0.3, -0.25) is 4.79 Å². The fraction of sp³-hybridized carbons (Fsp3) is 0.974. The van der Waals surface area contributed by atoms with Crippen LogP contribution in [0, 0.1) is 0 Å². The van der Waals surface area contributed by atoms with Gasteiger partial charge in [-0.05, 0) is 6.42 Å². The molecule has 0 amide bonds. The summed E-state index contributed by atoms with van der Waals surface area (Å²) in [5.74, 6) is -0.139. The molecule has 0 atom stereocenters. The van der Waals surface area contributed by atoms with E-state index in [1.54, 1.807) is 0 Å². The lowest BCUT2D eigenvalue weighted by Crippen LogP contribution is -2.15. The zero-order chi connectivity index (χ0) is 38.2. The summed E-state index contributed by atoms with van der Waals surface area (Å²) in [6.45, 7) is 14.0. The maximum Gasteiger partial charge on any atom is 0.305 e. The number of esters is 1. The number of aliphatic hydroxyl groups is 1. The molecule has 0 fully saturated rings. The SMILES string of the molecule is CCCCCCCCCCCC(=O)OCCOCCOCCOCCOCCOCCOCCOCCOCCOCCOCCOCCOCCO. The summed E-state index contributed by atoms with van der Waals surface area (Å²) in [6, 6.07) is 0. The van der Waals surface area contributed by atoms with Crippen molar-refractivity contribution in [2.45, 2.75) is 71.1 Å². The van der Waals surface area contributed by atoms with Crippen LogP contribution in [0.4, 0.5) is 0 Å². The quantitative estimate of drug-likeness (QED) is 0.0706. The van der Waals surface area contributed by atoms with E-state index in [1.807, 2.05) is 0 Å². The Hall–Kier alpha value is -1.05. The highest BCUT2D eigenvalue weighted by Gasteiger charge is 2.03. The molecule has 0 aromatic carbocycles. The van der Waals surface area contributed by atoms with Gasteiger partial charge in [-0.25, -0.2) is 0 Å². The first-order valence-corrected chi connectivity index (χ1v) is 20.0. The number of carbonyl (C=O) groups excluding carboxylic acids is 1. The highest BCUT2D eigenvalue weighted by molar-refractivity contribution is 5.69. The van der Waals surface area contributed by atoms with Crippen molar-refractivity contribution < 1.29 is 71.5 Å². The summed E-state index contributed by atoms with van der Waals surface area (Å²) in [7, 11) is 0. The zero-order valence-corrected chi connectivity index (χ0v) is 33.1. The van der Waals surface area contributed by atoms with Crippen molar-refractivity contribution in [3.05, 3.63) is 0 Å². The molecule has 0 aliphatic heterocycles. The molecule has 0 saturated carbocycles. The number of aliphatic hydroxyl groups excluding tert-OH is 1. The summed E-state index contributed by atoms with van der Waals surface area (Å²) in [6.07, 6.45) is 11.6. The summed E-state index contributed by atoms with van der Waals surface area (Å²) < 4.78 is 70.3. The van der Waals surface area contributed by atoms with Crippen LogP contribution in [0.2, 0.25) is 0 Å². The topological polar surface area (TPSA) is 157 Å². The van der Waals surface area contributed by atoms with Crippen LogP contribution < -0.4 is 0 Å². The third-order valence-corrected chi connectivity index (χ3v) is 7.30. The van der Waals surface area contributed by atoms with Crippen LogP contribution in [0.5, 0.6) is 0 Å². The maximum absolute atomic E-state index is 11.8. The Bertz CT molecular complexity index is 678. The zero-order valence-electron chi connectivity index (χ0n) is 33.1. The van der Waals surface area contributed by atoms with Gasteiger partial charge in [-0.2, -0.15) is 0 Å². The van der Waals surface area contributed by atoms with E-state index in [9.17, 15) is 4.79 Å². The van der Waals surface area contributed by atoms with Gasteiger partial charge < -0.3 is 66.7 Å². The van der Waals surface area contributed by atoms with Crippen LogP contribution in [0.1, 0.15) is 71.1 Å². The average molecular weight is 773 g/mol. The molecule has 0 bridgehead atoms. The fourth-order valence-corrected chi connectivity index (χ4v) is 4.45. The van der Waals surface area contributed by atoms with E-state index in [-0.39, 0.29) is 19.2 Å². The number of hydrogen-bond acceptors (Lipinski definition) is 15. The van der Waals surface area contributed by atoms with Gasteiger partial charge in [0.2, 0.25) is 0 Å². The minimum absolute atomic E-state index is 0.0223. The first-order valence-electron chi connectivity index (χ1n) is 20.0. The van der Waals surface area contributed by atoms with Crippen LogP contribution in [0.15, 0.2) is 0 Å². The fourth-order valence-electron chi connectivity index (χ4n) is 4.45. The van der Waals surface area contributed by atoms with Gasteiger partial charge in [0.05, 0.1) is 165 Å². The van der Waals surface area contributed by atoms with Crippen molar-refractivity contribution in [1.82, 2.24) is 0 Å². The summed E-state index contributed by atoms with van der Waals surface area (Å²) in [5.41, 5.74) is 0. The minimum atomic E-state index is -0.139. The van der Waals surface area contributed by atoms with Crippen molar-refractivity contribution in [3.63, 3.8) is 0 Å². The van der Waals surface area contributed by atoms with Crippen molar-refractivity contribution in [2.24, 2.45) is 0 Å². The molecular formula is C38H76O15. The highest BCUT2D eigenvalue weighted by atomic mass is 16.6. The normalized spacial score (nSPS) is 11.5. The molecule has 0 saturated heterocycles. The third-order valence-electron chi connectivity index (χ3n) is 7.30. The Morgan fingerprint density at radius 3 is 0.811 bits per heavy atom. The van der Waals surface area contributed by atoms with E-state index in [0.717, 1.165) is 12.8 Å². The molecule has 0 aliphatic rings. The molecule has 0 aliphatic carbocycles. The lowest BCUT2D eigenvalue weighted by atomic mass is 10.1.